The Labute approximate surface area is 135 Å². The van der Waals surface area contributed by atoms with Crippen LogP contribution < -0.4 is 4.90 Å². The number of unbranched alkanes of at least 4 members (excludes halogenated alkanes) is 2. The normalized spacial score (nSPS) is 10.6. The number of carbonyl (C=O) groups is 1. The molecule has 0 saturated carbocycles. The molecule has 0 unspecified atom stereocenters. The summed E-state index contributed by atoms with van der Waals surface area (Å²) in [6.45, 7) is 4.75. The number of aromatic nitrogens is 4. The second-order valence-corrected chi connectivity index (χ2v) is 5.40. The highest BCUT2D eigenvalue weighted by Crippen LogP contribution is 2.20. The quantitative estimate of drug-likeness (QED) is 0.628. The van der Waals surface area contributed by atoms with E-state index in [9.17, 15) is 4.79 Å². The Balaban J connectivity index is 2.21. The minimum Gasteiger partial charge on any atom is -0.313 e. The van der Waals surface area contributed by atoms with E-state index >= 15 is 0 Å². The topological polar surface area (TPSA) is 66.8 Å². The summed E-state index contributed by atoms with van der Waals surface area (Å²) >= 11 is 5.10. The molecule has 0 aliphatic rings. The van der Waals surface area contributed by atoms with Crippen LogP contribution in [0, 0.1) is 4.77 Å². The van der Waals surface area contributed by atoms with E-state index in [2.05, 4.69) is 22.4 Å². The third-order valence-electron chi connectivity index (χ3n) is 3.48. The molecule has 0 aliphatic carbocycles. The first-order valence-corrected chi connectivity index (χ1v) is 7.99. The van der Waals surface area contributed by atoms with E-state index < -0.39 is 0 Å². The van der Waals surface area contributed by atoms with Gasteiger partial charge in [0, 0.05) is 18.7 Å². The van der Waals surface area contributed by atoms with Crippen LogP contribution in [0.1, 0.15) is 39.5 Å². The van der Waals surface area contributed by atoms with E-state index in [1.165, 1.54) is 0 Å². The maximum atomic E-state index is 12.4. The highest BCUT2D eigenvalue weighted by Gasteiger charge is 2.14. The van der Waals surface area contributed by atoms with Crippen LogP contribution in [0.3, 0.4) is 0 Å². The fourth-order valence-corrected chi connectivity index (χ4v) is 2.52. The second-order valence-electron chi connectivity index (χ2n) is 5.03. The van der Waals surface area contributed by atoms with Crippen LogP contribution in [-0.4, -0.2) is 32.7 Å². The molecule has 1 aromatic carbocycles. The molecule has 0 bridgehead atoms. The molecule has 7 heteroatoms. The highest BCUT2D eigenvalue weighted by molar-refractivity contribution is 7.71. The van der Waals surface area contributed by atoms with E-state index in [0.717, 1.165) is 30.6 Å². The molecule has 0 aliphatic heterocycles. The zero-order chi connectivity index (χ0) is 15.9. The fraction of sp³-hybridized carbons (Fsp3) is 0.467. The molecule has 2 aromatic rings. The van der Waals surface area contributed by atoms with E-state index in [1.54, 1.807) is 9.58 Å². The molecule has 0 radical (unpaired) electrons. The van der Waals surface area contributed by atoms with E-state index in [-0.39, 0.29) is 5.91 Å². The molecule has 0 saturated heterocycles. The maximum Gasteiger partial charge on any atom is 0.242 e. The molecule has 1 heterocycles. The van der Waals surface area contributed by atoms with Gasteiger partial charge < -0.3 is 4.90 Å². The number of rotatable bonds is 7. The van der Waals surface area contributed by atoms with Crippen LogP contribution in [-0.2, 0) is 4.79 Å². The van der Waals surface area contributed by atoms with Gasteiger partial charge in [-0.25, -0.2) is 4.68 Å². The van der Waals surface area contributed by atoms with Crippen molar-refractivity contribution in [2.24, 2.45) is 0 Å². The monoisotopic (exact) mass is 319 g/mol. The number of H-pyrrole nitrogens is 1. The van der Waals surface area contributed by atoms with E-state index in [0.29, 0.717) is 17.7 Å². The molecule has 1 amide bonds. The predicted molar refractivity (Wildman–Crippen MR) is 88.7 cm³/mol. The van der Waals surface area contributed by atoms with Gasteiger partial charge in [0.2, 0.25) is 10.7 Å². The maximum absolute atomic E-state index is 12.4. The average molecular weight is 319 g/mol. The Morgan fingerprint density at radius 2 is 2.18 bits per heavy atom. The number of carbonyl (C=O) groups excluding carboxylic acids is 1. The van der Waals surface area contributed by atoms with Crippen LogP contribution in [0.4, 0.5) is 5.69 Å². The lowest BCUT2D eigenvalue weighted by atomic mass is 10.1. The van der Waals surface area contributed by atoms with Gasteiger partial charge in [0.15, 0.2) is 0 Å². The first kappa shape index (κ1) is 16.4. The van der Waals surface area contributed by atoms with Crippen molar-refractivity contribution in [2.75, 3.05) is 11.4 Å². The van der Waals surface area contributed by atoms with Crippen LogP contribution in [0.5, 0.6) is 0 Å². The summed E-state index contributed by atoms with van der Waals surface area (Å²) in [4.78, 5) is 14.2. The van der Waals surface area contributed by atoms with E-state index in [4.69, 9.17) is 12.2 Å². The summed E-state index contributed by atoms with van der Waals surface area (Å²) in [6, 6.07) is 7.64. The number of tetrazole rings is 1. The number of nitrogens with zero attached hydrogens (tertiary/aromatic N) is 4. The summed E-state index contributed by atoms with van der Waals surface area (Å²) < 4.78 is 1.96. The Morgan fingerprint density at radius 3 is 2.82 bits per heavy atom. The Morgan fingerprint density at radius 1 is 1.36 bits per heavy atom. The number of benzene rings is 1. The highest BCUT2D eigenvalue weighted by atomic mass is 32.1. The van der Waals surface area contributed by atoms with Gasteiger partial charge in [-0.15, -0.1) is 0 Å². The third kappa shape index (κ3) is 3.79. The van der Waals surface area contributed by atoms with Gasteiger partial charge >= 0.3 is 0 Å². The molecule has 0 fully saturated rings. The van der Waals surface area contributed by atoms with Crippen molar-refractivity contribution in [3.05, 3.63) is 29.0 Å². The molecule has 2 rings (SSSR count). The molecule has 0 atom stereocenters. The summed E-state index contributed by atoms with van der Waals surface area (Å²) in [5.41, 5.74) is 1.67. The van der Waals surface area contributed by atoms with Crippen molar-refractivity contribution in [1.29, 1.82) is 0 Å². The van der Waals surface area contributed by atoms with Crippen LogP contribution in [0.25, 0.3) is 5.69 Å². The van der Waals surface area contributed by atoms with Gasteiger partial charge in [-0.05, 0) is 43.8 Å². The Kier molecular flexibility index (Phi) is 5.83. The van der Waals surface area contributed by atoms with Gasteiger partial charge in [-0.1, -0.05) is 36.1 Å². The zero-order valence-corrected chi connectivity index (χ0v) is 13.8. The lowest BCUT2D eigenvalue weighted by molar-refractivity contribution is -0.118. The molecular weight excluding hydrogens is 298 g/mol. The minimum atomic E-state index is 0.152. The standard InChI is InChI=1S/C15H21N5OS/c1-3-5-6-10-14(21)19(4-2)12-8-7-9-13(11-12)20-15(22)16-17-18-20/h7-9,11H,3-6,10H2,1-2H3,(H,16,18,22). The number of hydrogen-bond acceptors (Lipinski definition) is 4. The van der Waals surface area contributed by atoms with Crippen molar-refractivity contribution in [2.45, 2.75) is 39.5 Å². The lowest BCUT2D eigenvalue weighted by Crippen LogP contribution is -2.30. The summed E-state index contributed by atoms with van der Waals surface area (Å²) in [5, 5.41) is 10.2. The average Bonchev–Trinajstić information content (AvgIpc) is 2.95. The third-order valence-corrected chi connectivity index (χ3v) is 3.75. The van der Waals surface area contributed by atoms with Crippen molar-refractivity contribution in [3.8, 4) is 5.69 Å². The van der Waals surface area contributed by atoms with Crippen molar-refractivity contribution < 1.29 is 4.79 Å². The van der Waals surface area contributed by atoms with Gasteiger partial charge in [0.25, 0.3) is 0 Å². The fourth-order valence-electron chi connectivity index (χ4n) is 2.33. The van der Waals surface area contributed by atoms with Gasteiger partial charge in [0.05, 0.1) is 5.69 Å². The summed E-state index contributed by atoms with van der Waals surface area (Å²) in [6.07, 6.45) is 3.70. The van der Waals surface area contributed by atoms with Gasteiger partial charge in [-0.3, -0.25) is 4.79 Å². The smallest absolute Gasteiger partial charge is 0.242 e. The van der Waals surface area contributed by atoms with Crippen LogP contribution in [0.15, 0.2) is 24.3 Å². The second kappa shape index (κ2) is 7.84. The largest absolute Gasteiger partial charge is 0.313 e. The Hall–Kier alpha value is -2.02. The predicted octanol–water partition coefficient (Wildman–Crippen LogP) is 3.26. The van der Waals surface area contributed by atoms with Gasteiger partial charge in [-0.2, -0.15) is 5.21 Å². The number of aromatic amines is 1. The first-order chi connectivity index (χ1) is 10.7. The summed E-state index contributed by atoms with van der Waals surface area (Å²) in [7, 11) is 0. The molecule has 1 N–H and O–H groups in total. The molecule has 6 nitrogen and oxygen atoms in total. The van der Waals surface area contributed by atoms with Crippen LogP contribution in [0.2, 0.25) is 0 Å². The number of hydrogen-bond donors (Lipinski definition) is 1. The van der Waals surface area contributed by atoms with Gasteiger partial charge in [0.1, 0.15) is 0 Å². The summed E-state index contributed by atoms with van der Waals surface area (Å²) in [5.74, 6) is 0.152. The number of anilines is 1. The number of amides is 1. The van der Waals surface area contributed by atoms with E-state index in [1.807, 2.05) is 31.2 Å². The molecular formula is C15H21N5OS. The van der Waals surface area contributed by atoms with Crippen molar-refractivity contribution in [3.63, 3.8) is 0 Å². The van der Waals surface area contributed by atoms with Crippen molar-refractivity contribution in [1.82, 2.24) is 20.2 Å². The molecule has 118 valence electrons. The zero-order valence-electron chi connectivity index (χ0n) is 13.0. The molecule has 22 heavy (non-hydrogen) atoms. The van der Waals surface area contributed by atoms with Crippen LogP contribution >= 0.6 is 12.2 Å². The van der Waals surface area contributed by atoms with Crippen molar-refractivity contribution >= 4 is 23.8 Å². The first-order valence-electron chi connectivity index (χ1n) is 7.58. The minimum absolute atomic E-state index is 0.152. The molecule has 0 spiro atoms. The number of nitrogens with one attached hydrogen (secondary N) is 1. The lowest BCUT2D eigenvalue weighted by Gasteiger charge is -2.21. The SMILES string of the molecule is CCCCCC(=O)N(CC)c1cccc(-n2[nH]nnc2=S)c1. The molecule has 1 aromatic heterocycles. The Bertz CT molecular complexity index is 678.